The fourth-order valence-electron chi connectivity index (χ4n) is 5.76. The van der Waals surface area contributed by atoms with E-state index in [1.807, 2.05) is 11.8 Å². The lowest BCUT2D eigenvalue weighted by atomic mass is 9.89. The molecule has 2 saturated heterocycles. The highest BCUT2D eigenvalue weighted by atomic mass is 16.5. The molecule has 184 valence electrons. The average molecular weight is 460 g/mol. The van der Waals surface area contributed by atoms with Crippen LogP contribution in [0, 0.1) is 12.8 Å². The standard InChI is InChI=1S/C25H41N5O3/c1-18-23(27-17-28-24(18)26-15-19-7-5-4-6-8-19)25(31)30-12-9-20(10-13-30)29(2)21-11-14-33-16-22(21)32-3/h17,19-22H,4-16H2,1-3H3,(H,26,27,28). The Kier molecular flexibility index (Phi) is 8.55. The van der Waals surface area contributed by atoms with E-state index in [0.717, 1.165) is 56.9 Å². The van der Waals surface area contributed by atoms with Gasteiger partial charge >= 0.3 is 0 Å². The highest BCUT2D eigenvalue weighted by molar-refractivity contribution is 5.94. The van der Waals surface area contributed by atoms with E-state index in [1.54, 1.807) is 7.11 Å². The monoisotopic (exact) mass is 459 g/mol. The Labute approximate surface area is 198 Å². The molecule has 1 saturated carbocycles. The average Bonchev–Trinajstić information content (AvgIpc) is 2.88. The summed E-state index contributed by atoms with van der Waals surface area (Å²) in [6, 6.07) is 0.826. The van der Waals surface area contributed by atoms with E-state index < -0.39 is 0 Å². The van der Waals surface area contributed by atoms with E-state index in [0.29, 0.717) is 30.3 Å². The van der Waals surface area contributed by atoms with Crippen molar-refractivity contribution in [3.05, 3.63) is 17.6 Å². The molecule has 33 heavy (non-hydrogen) atoms. The molecule has 1 aromatic rings. The lowest BCUT2D eigenvalue weighted by molar-refractivity contribution is -0.0891. The van der Waals surface area contributed by atoms with Crippen LogP contribution in [0.5, 0.6) is 0 Å². The number of piperidine rings is 1. The Balaban J connectivity index is 1.32. The first-order chi connectivity index (χ1) is 16.1. The zero-order chi connectivity index (χ0) is 23.2. The quantitative estimate of drug-likeness (QED) is 0.671. The van der Waals surface area contributed by atoms with Gasteiger partial charge in [0.2, 0.25) is 0 Å². The molecule has 1 aliphatic carbocycles. The van der Waals surface area contributed by atoms with E-state index in [-0.39, 0.29) is 12.0 Å². The molecule has 2 aliphatic heterocycles. The highest BCUT2D eigenvalue weighted by Crippen LogP contribution is 2.26. The van der Waals surface area contributed by atoms with Gasteiger partial charge in [-0.15, -0.1) is 0 Å². The number of hydrogen-bond acceptors (Lipinski definition) is 7. The summed E-state index contributed by atoms with van der Waals surface area (Å²) < 4.78 is 11.3. The lowest BCUT2D eigenvalue weighted by Crippen LogP contribution is -2.54. The van der Waals surface area contributed by atoms with Gasteiger partial charge in [-0.2, -0.15) is 0 Å². The summed E-state index contributed by atoms with van der Waals surface area (Å²) in [4.78, 5) is 26.5. The molecule has 8 heteroatoms. The van der Waals surface area contributed by atoms with Crippen molar-refractivity contribution in [2.75, 3.05) is 52.3 Å². The number of hydrogen-bond donors (Lipinski definition) is 1. The van der Waals surface area contributed by atoms with Gasteiger partial charge in [0.15, 0.2) is 0 Å². The van der Waals surface area contributed by atoms with Crippen molar-refractivity contribution in [2.45, 2.75) is 76.5 Å². The van der Waals surface area contributed by atoms with Crippen LogP contribution in [0.4, 0.5) is 5.82 Å². The number of amides is 1. The second kappa shape index (κ2) is 11.6. The number of ether oxygens (including phenoxy) is 2. The first-order valence-electron chi connectivity index (χ1n) is 12.8. The van der Waals surface area contributed by atoms with Crippen molar-refractivity contribution in [3.63, 3.8) is 0 Å². The number of likely N-dealkylation sites (tertiary alicyclic amines) is 1. The molecule has 0 spiro atoms. The molecule has 0 bridgehead atoms. The number of methoxy groups -OCH3 is 1. The van der Waals surface area contributed by atoms with Gasteiger partial charge in [0, 0.05) is 51.0 Å². The van der Waals surface area contributed by atoms with Crippen molar-refractivity contribution in [1.29, 1.82) is 0 Å². The largest absolute Gasteiger partial charge is 0.379 e. The van der Waals surface area contributed by atoms with E-state index in [4.69, 9.17) is 9.47 Å². The summed E-state index contributed by atoms with van der Waals surface area (Å²) in [5, 5.41) is 3.50. The van der Waals surface area contributed by atoms with Crippen LogP contribution in [0.25, 0.3) is 0 Å². The van der Waals surface area contributed by atoms with E-state index in [2.05, 4.69) is 27.2 Å². The van der Waals surface area contributed by atoms with Gasteiger partial charge in [-0.05, 0) is 52.0 Å². The smallest absolute Gasteiger partial charge is 0.272 e. The van der Waals surface area contributed by atoms with Crippen LogP contribution in [0.1, 0.15) is 67.4 Å². The Morgan fingerprint density at radius 1 is 1.18 bits per heavy atom. The van der Waals surface area contributed by atoms with Crippen LogP contribution in [-0.2, 0) is 9.47 Å². The SMILES string of the molecule is COC1COCCC1N(C)C1CCN(C(=O)c2ncnc(NCC3CCCCC3)c2C)CC1. The Morgan fingerprint density at radius 2 is 1.94 bits per heavy atom. The number of carbonyl (C=O) groups excluding carboxylic acids is 1. The molecule has 1 amide bonds. The molecule has 8 nitrogen and oxygen atoms in total. The Morgan fingerprint density at radius 3 is 2.67 bits per heavy atom. The van der Waals surface area contributed by atoms with Crippen LogP contribution < -0.4 is 5.32 Å². The maximum atomic E-state index is 13.3. The number of nitrogens with zero attached hydrogens (tertiary/aromatic N) is 4. The number of anilines is 1. The van der Waals surface area contributed by atoms with Crippen molar-refractivity contribution < 1.29 is 14.3 Å². The van der Waals surface area contributed by atoms with Crippen molar-refractivity contribution in [2.24, 2.45) is 5.92 Å². The molecule has 1 aromatic heterocycles. The van der Waals surface area contributed by atoms with Crippen LogP contribution >= 0.6 is 0 Å². The summed E-state index contributed by atoms with van der Waals surface area (Å²) in [5.74, 6) is 1.54. The first kappa shape index (κ1) is 24.4. The highest BCUT2D eigenvalue weighted by Gasteiger charge is 2.35. The van der Waals surface area contributed by atoms with Crippen LogP contribution in [0.2, 0.25) is 0 Å². The normalized spacial score (nSPS) is 25.4. The molecule has 0 aromatic carbocycles. The maximum absolute atomic E-state index is 13.3. The summed E-state index contributed by atoms with van der Waals surface area (Å²) >= 11 is 0. The van der Waals surface area contributed by atoms with Gasteiger partial charge in [0.1, 0.15) is 17.8 Å². The molecular weight excluding hydrogens is 418 g/mol. The topological polar surface area (TPSA) is 79.8 Å². The molecule has 2 unspecified atom stereocenters. The van der Waals surface area contributed by atoms with Crippen molar-refractivity contribution in [1.82, 2.24) is 19.8 Å². The van der Waals surface area contributed by atoms with Crippen LogP contribution in [0.15, 0.2) is 6.33 Å². The number of carbonyl (C=O) groups is 1. The van der Waals surface area contributed by atoms with E-state index in [1.165, 1.54) is 38.4 Å². The Hall–Kier alpha value is -1.77. The minimum Gasteiger partial charge on any atom is -0.379 e. The zero-order valence-electron chi connectivity index (χ0n) is 20.6. The molecule has 1 N–H and O–H groups in total. The number of likely N-dealkylation sites (N-methyl/N-ethyl adjacent to an activating group) is 1. The fraction of sp³-hybridized carbons (Fsp3) is 0.800. The number of nitrogens with one attached hydrogen (secondary N) is 1. The summed E-state index contributed by atoms with van der Waals surface area (Å²) in [5.41, 5.74) is 1.40. The third kappa shape index (κ3) is 5.84. The van der Waals surface area contributed by atoms with E-state index >= 15 is 0 Å². The minimum absolute atomic E-state index is 0.0255. The van der Waals surface area contributed by atoms with Crippen LogP contribution in [-0.4, -0.2) is 90.9 Å². The molecule has 4 rings (SSSR count). The third-order valence-corrected chi connectivity index (χ3v) is 7.99. The van der Waals surface area contributed by atoms with Crippen LogP contribution in [0.3, 0.4) is 0 Å². The molecule has 0 radical (unpaired) electrons. The third-order valence-electron chi connectivity index (χ3n) is 7.99. The molecule has 3 fully saturated rings. The zero-order valence-corrected chi connectivity index (χ0v) is 20.6. The predicted octanol–water partition coefficient (Wildman–Crippen LogP) is 3.12. The van der Waals surface area contributed by atoms with Gasteiger partial charge < -0.3 is 19.7 Å². The second-order valence-electron chi connectivity index (χ2n) is 9.97. The summed E-state index contributed by atoms with van der Waals surface area (Å²) in [7, 11) is 3.97. The van der Waals surface area contributed by atoms with Gasteiger partial charge in [-0.1, -0.05) is 19.3 Å². The minimum atomic E-state index is 0.0255. The first-order valence-corrected chi connectivity index (χ1v) is 12.8. The van der Waals surface area contributed by atoms with Gasteiger partial charge in [-0.25, -0.2) is 9.97 Å². The van der Waals surface area contributed by atoms with Gasteiger partial charge in [-0.3, -0.25) is 9.69 Å². The predicted molar refractivity (Wildman–Crippen MR) is 129 cm³/mol. The maximum Gasteiger partial charge on any atom is 0.272 e. The molecule has 3 aliphatic rings. The fourth-order valence-corrected chi connectivity index (χ4v) is 5.76. The second-order valence-corrected chi connectivity index (χ2v) is 9.97. The van der Waals surface area contributed by atoms with Gasteiger partial charge in [0.25, 0.3) is 5.91 Å². The molecular formula is C25H41N5O3. The summed E-state index contributed by atoms with van der Waals surface area (Å²) in [6.07, 6.45) is 11.1. The Bertz CT molecular complexity index is 777. The number of aromatic nitrogens is 2. The summed E-state index contributed by atoms with van der Waals surface area (Å²) in [6.45, 7) is 5.85. The van der Waals surface area contributed by atoms with Crippen molar-refractivity contribution >= 4 is 11.7 Å². The molecule has 2 atom stereocenters. The number of rotatable bonds is 7. The van der Waals surface area contributed by atoms with E-state index in [9.17, 15) is 4.79 Å². The van der Waals surface area contributed by atoms with Crippen molar-refractivity contribution in [3.8, 4) is 0 Å². The lowest BCUT2D eigenvalue weighted by Gasteiger charge is -2.44. The van der Waals surface area contributed by atoms with Gasteiger partial charge in [0.05, 0.1) is 12.7 Å². The molecule has 3 heterocycles.